The molecule has 0 radical (unpaired) electrons. The van der Waals surface area contributed by atoms with Crippen LogP contribution >= 0.6 is 0 Å². The maximum absolute atomic E-state index is 13.0. The first-order chi connectivity index (χ1) is 17.0. The molecule has 7 nitrogen and oxygen atoms in total. The van der Waals surface area contributed by atoms with Crippen molar-refractivity contribution in [2.45, 2.75) is 64.5 Å². The number of piperidine rings is 1. The van der Waals surface area contributed by atoms with Crippen molar-refractivity contribution in [2.75, 3.05) is 13.1 Å². The van der Waals surface area contributed by atoms with Crippen molar-refractivity contribution in [2.24, 2.45) is 5.92 Å². The van der Waals surface area contributed by atoms with Gasteiger partial charge in [-0.2, -0.15) is 0 Å². The average molecular weight is 475 g/mol. The van der Waals surface area contributed by atoms with E-state index in [4.69, 9.17) is 4.74 Å². The van der Waals surface area contributed by atoms with Crippen molar-refractivity contribution in [3.05, 3.63) is 65.6 Å². The zero-order chi connectivity index (χ0) is 24.2. The zero-order valence-corrected chi connectivity index (χ0v) is 20.4. The maximum Gasteiger partial charge on any atom is 0.253 e. The number of carbonyl (C=O) groups is 2. The number of fused-ring (bicyclic) bond motifs is 1. The van der Waals surface area contributed by atoms with Crippen LogP contribution in [0.2, 0.25) is 0 Å². The molecule has 3 heterocycles. The lowest BCUT2D eigenvalue weighted by atomic mass is 9.88. The number of aromatic nitrogens is 2. The van der Waals surface area contributed by atoms with Gasteiger partial charge in [-0.15, -0.1) is 0 Å². The number of rotatable bonds is 6. The minimum absolute atomic E-state index is 0.0318. The summed E-state index contributed by atoms with van der Waals surface area (Å²) in [4.78, 5) is 32.0. The van der Waals surface area contributed by atoms with Crippen LogP contribution in [0.4, 0.5) is 0 Å². The molecular weight excluding hydrogens is 440 g/mol. The van der Waals surface area contributed by atoms with Gasteiger partial charge in [-0.3, -0.25) is 9.59 Å². The second kappa shape index (κ2) is 10.5. The Morgan fingerprint density at radius 2 is 1.71 bits per heavy atom. The highest BCUT2D eigenvalue weighted by Gasteiger charge is 2.27. The number of hydrogen-bond donors (Lipinski definition) is 1. The summed E-state index contributed by atoms with van der Waals surface area (Å²) in [5, 5.41) is 3.23. The zero-order valence-electron chi connectivity index (χ0n) is 20.4. The summed E-state index contributed by atoms with van der Waals surface area (Å²) in [6.07, 6.45) is 11.2. The lowest BCUT2D eigenvalue weighted by Gasteiger charge is -2.33. The molecule has 2 aromatic heterocycles. The number of nitrogens with one attached hydrogen (secondary N) is 1. The highest BCUT2D eigenvalue weighted by Crippen LogP contribution is 2.24. The fraction of sp³-hybridized carbons (Fsp3) is 0.464. The van der Waals surface area contributed by atoms with Gasteiger partial charge in [0, 0.05) is 43.0 Å². The predicted octanol–water partition coefficient (Wildman–Crippen LogP) is 4.52. The van der Waals surface area contributed by atoms with Crippen molar-refractivity contribution < 1.29 is 14.3 Å². The SMILES string of the molecule is Cc1ccc2nc(COc3ccc(C(=O)N4CCC(NC(=O)C5CCCCC5)CC4)cc3)cn2c1. The summed E-state index contributed by atoms with van der Waals surface area (Å²) < 4.78 is 7.89. The van der Waals surface area contributed by atoms with Crippen LogP contribution in [-0.2, 0) is 11.4 Å². The summed E-state index contributed by atoms with van der Waals surface area (Å²) in [7, 11) is 0. The van der Waals surface area contributed by atoms with Gasteiger partial charge < -0.3 is 19.4 Å². The van der Waals surface area contributed by atoms with Crippen molar-refractivity contribution in [3.63, 3.8) is 0 Å². The van der Waals surface area contributed by atoms with Crippen LogP contribution in [0, 0.1) is 12.8 Å². The van der Waals surface area contributed by atoms with E-state index in [2.05, 4.69) is 17.2 Å². The van der Waals surface area contributed by atoms with E-state index in [1.165, 1.54) is 12.0 Å². The number of benzene rings is 1. The molecule has 1 N–H and O–H groups in total. The Bertz CT molecular complexity index is 1170. The van der Waals surface area contributed by atoms with Gasteiger partial charge >= 0.3 is 0 Å². The van der Waals surface area contributed by atoms with Gasteiger partial charge in [0.05, 0.1) is 5.69 Å². The molecule has 0 unspecified atom stereocenters. The average Bonchev–Trinajstić information content (AvgIpc) is 3.30. The third-order valence-corrected chi connectivity index (χ3v) is 7.24. The fourth-order valence-corrected chi connectivity index (χ4v) is 5.17. The molecule has 35 heavy (non-hydrogen) atoms. The molecule has 1 aliphatic carbocycles. The van der Waals surface area contributed by atoms with Gasteiger partial charge in [-0.25, -0.2) is 4.98 Å². The first-order valence-corrected chi connectivity index (χ1v) is 12.8. The quantitative estimate of drug-likeness (QED) is 0.570. The highest BCUT2D eigenvalue weighted by molar-refractivity contribution is 5.94. The van der Waals surface area contributed by atoms with Crippen molar-refractivity contribution in [3.8, 4) is 5.75 Å². The van der Waals surface area contributed by atoms with Crippen LogP contribution in [0.5, 0.6) is 5.75 Å². The monoisotopic (exact) mass is 474 g/mol. The van der Waals surface area contributed by atoms with Gasteiger partial charge in [0.1, 0.15) is 18.0 Å². The van der Waals surface area contributed by atoms with E-state index in [0.29, 0.717) is 31.0 Å². The second-order valence-corrected chi connectivity index (χ2v) is 9.93. The fourth-order valence-electron chi connectivity index (χ4n) is 5.17. The molecule has 1 saturated carbocycles. The lowest BCUT2D eigenvalue weighted by Crippen LogP contribution is -2.48. The third-order valence-electron chi connectivity index (χ3n) is 7.24. The number of imidazole rings is 1. The Labute approximate surface area is 206 Å². The van der Waals surface area contributed by atoms with E-state index in [-0.39, 0.29) is 23.8 Å². The molecule has 0 spiro atoms. The lowest BCUT2D eigenvalue weighted by molar-refractivity contribution is -0.126. The normalized spacial score (nSPS) is 17.5. The maximum atomic E-state index is 13.0. The van der Waals surface area contributed by atoms with Crippen molar-refractivity contribution >= 4 is 17.5 Å². The summed E-state index contributed by atoms with van der Waals surface area (Å²) >= 11 is 0. The van der Waals surface area contributed by atoms with Crippen LogP contribution < -0.4 is 10.1 Å². The number of nitrogens with zero attached hydrogens (tertiary/aromatic N) is 3. The number of carbonyl (C=O) groups excluding carboxylic acids is 2. The van der Waals surface area contributed by atoms with E-state index in [0.717, 1.165) is 49.9 Å². The van der Waals surface area contributed by atoms with E-state index < -0.39 is 0 Å². The Kier molecular flexibility index (Phi) is 7.02. The Balaban J connectivity index is 1.09. The smallest absolute Gasteiger partial charge is 0.253 e. The number of ether oxygens (including phenoxy) is 1. The molecule has 0 bridgehead atoms. The van der Waals surface area contributed by atoms with Gasteiger partial charge in [0.25, 0.3) is 5.91 Å². The second-order valence-electron chi connectivity index (χ2n) is 9.93. The number of pyridine rings is 1. The molecule has 7 heteroatoms. The molecule has 1 aromatic carbocycles. The summed E-state index contributed by atoms with van der Waals surface area (Å²) in [6.45, 7) is 3.75. The molecule has 2 fully saturated rings. The first kappa shape index (κ1) is 23.4. The minimum atomic E-state index is 0.0318. The molecule has 3 aromatic rings. The summed E-state index contributed by atoms with van der Waals surface area (Å²) in [6, 6.07) is 11.5. The Morgan fingerprint density at radius 1 is 0.971 bits per heavy atom. The number of likely N-dealkylation sites (tertiary alicyclic amines) is 1. The van der Waals surface area contributed by atoms with Gasteiger partial charge in [-0.1, -0.05) is 25.3 Å². The number of hydrogen-bond acceptors (Lipinski definition) is 4. The van der Waals surface area contributed by atoms with Crippen molar-refractivity contribution in [1.82, 2.24) is 19.6 Å². The first-order valence-electron chi connectivity index (χ1n) is 12.8. The molecule has 1 aliphatic heterocycles. The largest absolute Gasteiger partial charge is 0.487 e. The summed E-state index contributed by atoms with van der Waals surface area (Å²) in [5.74, 6) is 1.13. The predicted molar refractivity (Wildman–Crippen MR) is 134 cm³/mol. The van der Waals surface area contributed by atoms with Crippen LogP contribution in [0.3, 0.4) is 0 Å². The topological polar surface area (TPSA) is 75.9 Å². The molecular formula is C28H34N4O3. The van der Waals surface area contributed by atoms with Crippen LogP contribution in [0.25, 0.3) is 5.65 Å². The molecule has 2 amide bonds. The van der Waals surface area contributed by atoms with Gasteiger partial charge in [0.2, 0.25) is 5.91 Å². The van der Waals surface area contributed by atoms with E-state index in [9.17, 15) is 9.59 Å². The van der Waals surface area contributed by atoms with Crippen LogP contribution in [0.15, 0.2) is 48.8 Å². The van der Waals surface area contributed by atoms with E-state index >= 15 is 0 Å². The molecule has 0 atom stereocenters. The van der Waals surface area contributed by atoms with E-state index in [1.807, 2.05) is 58.1 Å². The number of amides is 2. The Morgan fingerprint density at radius 3 is 2.46 bits per heavy atom. The van der Waals surface area contributed by atoms with E-state index in [1.54, 1.807) is 0 Å². The Hall–Kier alpha value is -3.35. The summed E-state index contributed by atoms with van der Waals surface area (Å²) in [5.41, 5.74) is 3.59. The van der Waals surface area contributed by atoms with Crippen LogP contribution in [-0.4, -0.2) is 45.2 Å². The molecule has 184 valence electrons. The third kappa shape index (κ3) is 5.66. The van der Waals surface area contributed by atoms with Crippen LogP contribution in [0.1, 0.15) is 66.6 Å². The number of aryl methyl sites for hydroxylation is 1. The highest BCUT2D eigenvalue weighted by atomic mass is 16.5. The van der Waals surface area contributed by atoms with Gasteiger partial charge in [0.15, 0.2) is 0 Å². The van der Waals surface area contributed by atoms with Gasteiger partial charge in [-0.05, 0) is 68.5 Å². The standard InChI is InChI=1S/C28H34N4O3/c1-20-7-12-26-29-24(18-32(26)17-20)19-35-25-10-8-22(9-11-25)28(34)31-15-13-23(14-16-31)30-27(33)21-5-3-2-4-6-21/h7-12,17-18,21,23H,2-6,13-16,19H2,1H3,(H,30,33). The molecule has 5 rings (SSSR count). The van der Waals surface area contributed by atoms with Crippen molar-refractivity contribution in [1.29, 1.82) is 0 Å². The minimum Gasteiger partial charge on any atom is -0.487 e. The molecule has 1 saturated heterocycles. The molecule has 2 aliphatic rings.